The van der Waals surface area contributed by atoms with Crippen molar-refractivity contribution in [2.75, 3.05) is 0 Å². The molecule has 0 atom stereocenters. The molecule has 1 heterocycles. The second-order valence-corrected chi connectivity index (χ2v) is 2.15. The molecule has 6 heteroatoms. The molecule has 1 aliphatic rings. The SMILES string of the molecule is O=C1CCC(=O)OC(C(=O)O)O1. The predicted octanol–water partition coefficient (Wildman–Crippen LogP) is -0.723. The molecule has 1 rings (SSSR count). The molecule has 1 saturated heterocycles. The zero-order valence-electron chi connectivity index (χ0n) is 5.98. The molecule has 0 radical (unpaired) electrons. The number of esters is 2. The van der Waals surface area contributed by atoms with Gasteiger partial charge in [0.25, 0.3) is 0 Å². The zero-order valence-corrected chi connectivity index (χ0v) is 5.98. The van der Waals surface area contributed by atoms with E-state index in [0.29, 0.717) is 0 Å². The third-order valence-corrected chi connectivity index (χ3v) is 1.21. The Hall–Kier alpha value is -1.59. The average molecular weight is 174 g/mol. The molecule has 12 heavy (non-hydrogen) atoms. The Morgan fingerprint density at radius 2 is 1.67 bits per heavy atom. The number of rotatable bonds is 1. The highest BCUT2D eigenvalue weighted by Gasteiger charge is 2.29. The maximum atomic E-state index is 10.6. The van der Waals surface area contributed by atoms with Gasteiger partial charge in [0, 0.05) is 0 Å². The summed E-state index contributed by atoms with van der Waals surface area (Å²) in [5.74, 6) is -2.97. The van der Waals surface area contributed by atoms with Gasteiger partial charge in [-0.2, -0.15) is 0 Å². The summed E-state index contributed by atoms with van der Waals surface area (Å²) in [5, 5.41) is 8.34. The number of hydrogen-bond acceptors (Lipinski definition) is 5. The summed E-state index contributed by atoms with van der Waals surface area (Å²) in [6.45, 7) is 0. The second-order valence-electron chi connectivity index (χ2n) is 2.15. The summed E-state index contributed by atoms with van der Waals surface area (Å²) in [4.78, 5) is 31.5. The number of carboxylic acid groups (broad SMARTS) is 1. The predicted molar refractivity (Wildman–Crippen MR) is 32.8 cm³/mol. The molecule has 0 aromatic carbocycles. The minimum absolute atomic E-state index is 0.136. The third-order valence-electron chi connectivity index (χ3n) is 1.21. The van der Waals surface area contributed by atoms with Gasteiger partial charge in [-0.3, -0.25) is 9.59 Å². The Kier molecular flexibility index (Phi) is 2.27. The molecule has 6 nitrogen and oxygen atoms in total. The van der Waals surface area contributed by atoms with E-state index in [9.17, 15) is 14.4 Å². The van der Waals surface area contributed by atoms with Crippen LogP contribution in [0.4, 0.5) is 0 Å². The summed E-state index contributed by atoms with van der Waals surface area (Å²) in [6, 6.07) is 0. The lowest BCUT2D eigenvalue weighted by atomic mass is 10.3. The third kappa shape index (κ3) is 1.94. The Morgan fingerprint density at radius 3 is 2.00 bits per heavy atom. The summed E-state index contributed by atoms with van der Waals surface area (Å²) >= 11 is 0. The minimum atomic E-state index is -1.78. The van der Waals surface area contributed by atoms with Crippen LogP contribution in [0.1, 0.15) is 12.8 Å². The molecule has 0 bridgehead atoms. The largest absolute Gasteiger partial charge is 0.476 e. The highest BCUT2D eigenvalue weighted by molar-refractivity contribution is 5.84. The van der Waals surface area contributed by atoms with Crippen molar-refractivity contribution in [3.8, 4) is 0 Å². The summed E-state index contributed by atoms with van der Waals surface area (Å²) < 4.78 is 8.52. The van der Waals surface area contributed by atoms with E-state index in [4.69, 9.17) is 5.11 Å². The smallest absolute Gasteiger partial charge is 0.387 e. The maximum absolute atomic E-state index is 10.6. The number of aliphatic carboxylic acids is 1. The fraction of sp³-hybridized carbons (Fsp3) is 0.500. The van der Waals surface area contributed by atoms with Gasteiger partial charge in [-0.15, -0.1) is 0 Å². The lowest BCUT2D eigenvalue weighted by molar-refractivity contribution is -0.195. The van der Waals surface area contributed by atoms with E-state index in [1.165, 1.54) is 0 Å². The Morgan fingerprint density at radius 1 is 1.25 bits per heavy atom. The van der Waals surface area contributed by atoms with E-state index >= 15 is 0 Å². The van der Waals surface area contributed by atoms with E-state index in [0.717, 1.165) is 0 Å². The van der Waals surface area contributed by atoms with Crippen molar-refractivity contribution in [3.05, 3.63) is 0 Å². The first-order valence-electron chi connectivity index (χ1n) is 3.21. The zero-order chi connectivity index (χ0) is 9.14. The fourth-order valence-electron chi connectivity index (χ4n) is 0.686. The van der Waals surface area contributed by atoms with Crippen LogP contribution in [0.25, 0.3) is 0 Å². The quantitative estimate of drug-likeness (QED) is 0.527. The first-order chi connectivity index (χ1) is 5.59. The number of cyclic esters (lactones) is 2. The van der Waals surface area contributed by atoms with Gasteiger partial charge < -0.3 is 14.6 Å². The molecule has 1 fully saturated rings. The molecular formula is C6H6O6. The summed E-state index contributed by atoms with van der Waals surface area (Å²) in [6.07, 6.45) is -2.06. The molecule has 1 N–H and O–H groups in total. The first-order valence-corrected chi connectivity index (χ1v) is 3.21. The molecule has 0 unspecified atom stereocenters. The van der Waals surface area contributed by atoms with Crippen molar-refractivity contribution >= 4 is 17.9 Å². The van der Waals surface area contributed by atoms with Crippen LogP contribution in [0.2, 0.25) is 0 Å². The molecule has 0 amide bonds. The van der Waals surface area contributed by atoms with Crippen molar-refractivity contribution in [2.45, 2.75) is 19.1 Å². The summed E-state index contributed by atoms with van der Waals surface area (Å²) in [7, 11) is 0. The topological polar surface area (TPSA) is 89.9 Å². The van der Waals surface area contributed by atoms with E-state index < -0.39 is 24.2 Å². The molecule has 0 spiro atoms. The lowest BCUT2D eigenvalue weighted by Gasteiger charge is -2.08. The first kappa shape index (κ1) is 8.51. The molecule has 0 saturated carbocycles. The van der Waals surface area contributed by atoms with Crippen molar-refractivity contribution in [2.24, 2.45) is 0 Å². The van der Waals surface area contributed by atoms with E-state index in [-0.39, 0.29) is 12.8 Å². The highest BCUT2D eigenvalue weighted by atomic mass is 16.7. The number of ether oxygens (including phenoxy) is 2. The molecule has 1 aliphatic heterocycles. The maximum Gasteiger partial charge on any atom is 0.387 e. The van der Waals surface area contributed by atoms with Gasteiger partial charge in [0.15, 0.2) is 0 Å². The van der Waals surface area contributed by atoms with Gasteiger partial charge in [-0.05, 0) is 0 Å². The van der Waals surface area contributed by atoms with Crippen molar-refractivity contribution < 1.29 is 29.0 Å². The van der Waals surface area contributed by atoms with Crippen LogP contribution in [-0.4, -0.2) is 29.3 Å². The van der Waals surface area contributed by atoms with Gasteiger partial charge in [-0.1, -0.05) is 0 Å². The molecule has 66 valence electrons. The van der Waals surface area contributed by atoms with Crippen molar-refractivity contribution in [3.63, 3.8) is 0 Å². The lowest BCUT2D eigenvalue weighted by Crippen LogP contribution is -2.29. The Bertz CT molecular complexity index is 214. The van der Waals surface area contributed by atoms with Gasteiger partial charge in [-0.25, -0.2) is 4.79 Å². The van der Waals surface area contributed by atoms with Gasteiger partial charge in [0.2, 0.25) is 0 Å². The van der Waals surface area contributed by atoms with Crippen LogP contribution in [-0.2, 0) is 23.9 Å². The average Bonchev–Trinajstić information content (AvgIpc) is 2.13. The van der Waals surface area contributed by atoms with E-state index in [2.05, 4.69) is 9.47 Å². The van der Waals surface area contributed by atoms with E-state index in [1.54, 1.807) is 0 Å². The van der Waals surface area contributed by atoms with Crippen LogP contribution in [0.5, 0.6) is 0 Å². The van der Waals surface area contributed by atoms with Crippen LogP contribution in [0, 0.1) is 0 Å². The summed E-state index contributed by atoms with van der Waals surface area (Å²) in [5.41, 5.74) is 0. The Balaban J connectivity index is 2.68. The number of carboxylic acids is 1. The molecule has 0 aliphatic carbocycles. The molecule has 0 aromatic rings. The van der Waals surface area contributed by atoms with Gasteiger partial charge >= 0.3 is 24.2 Å². The van der Waals surface area contributed by atoms with E-state index in [1.807, 2.05) is 0 Å². The van der Waals surface area contributed by atoms with Gasteiger partial charge in [0.1, 0.15) is 0 Å². The van der Waals surface area contributed by atoms with Crippen molar-refractivity contribution in [1.82, 2.24) is 0 Å². The van der Waals surface area contributed by atoms with Crippen LogP contribution in [0.15, 0.2) is 0 Å². The Labute approximate surface area is 67.1 Å². The van der Waals surface area contributed by atoms with Crippen LogP contribution < -0.4 is 0 Å². The fourth-order valence-corrected chi connectivity index (χ4v) is 0.686. The van der Waals surface area contributed by atoms with Crippen LogP contribution >= 0.6 is 0 Å². The standard InChI is InChI=1S/C6H6O6/c7-3-1-2-4(8)12-6(11-3)5(9)10/h6H,1-2H2,(H,9,10). The molecule has 0 aromatic heterocycles. The molecular weight excluding hydrogens is 168 g/mol. The normalized spacial score (nSPS) is 19.3. The number of hydrogen-bond donors (Lipinski definition) is 1. The number of carbonyl (C=O) groups excluding carboxylic acids is 2. The minimum Gasteiger partial charge on any atom is -0.476 e. The highest BCUT2D eigenvalue weighted by Crippen LogP contribution is 2.08. The monoisotopic (exact) mass is 174 g/mol. The van der Waals surface area contributed by atoms with Crippen molar-refractivity contribution in [1.29, 1.82) is 0 Å². The van der Waals surface area contributed by atoms with Gasteiger partial charge in [0.05, 0.1) is 12.8 Å². The number of carbonyl (C=O) groups is 3. The van der Waals surface area contributed by atoms with Crippen LogP contribution in [0.3, 0.4) is 0 Å². The second kappa shape index (κ2) is 3.21.